The molecule has 2 aromatic carbocycles. The van der Waals surface area contributed by atoms with Crippen LogP contribution in [0.4, 0.5) is 10.1 Å². The van der Waals surface area contributed by atoms with Gasteiger partial charge in [-0.1, -0.05) is 12.1 Å². The van der Waals surface area contributed by atoms with E-state index in [9.17, 15) is 4.79 Å². The fourth-order valence-corrected chi connectivity index (χ4v) is 4.69. The third kappa shape index (κ3) is 2.76. The summed E-state index contributed by atoms with van der Waals surface area (Å²) in [4.78, 5) is 16.2. The average molecular weight is 428 g/mol. The maximum atomic E-state index is 15.2. The second-order valence-corrected chi connectivity index (χ2v) is 8.07. The lowest BCUT2D eigenvalue weighted by atomic mass is 10.2. The van der Waals surface area contributed by atoms with Gasteiger partial charge in [0, 0.05) is 42.3 Å². The van der Waals surface area contributed by atoms with E-state index in [4.69, 9.17) is 4.98 Å². The Balaban J connectivity index is 1.63. The highest BCUT2D eigenvalue weighted by atomic mass is 19.1. The molecule has 0 bridgehead atoms. The zero-order chi connectivity index (χ0) is 21.8. The van der Waals surface area contributed by atoms with Gasteiger partial charge in [0.25, 0.3) is 0 Å². The topological polar surface area (TPSA) is 69.7 Å². The molecule has 0 spiro atoms. The maximum Gasteiger partial charge on any atom is 0.158 e. The number of carbonyl (C=O) groups is 1. The molecule has 0 atom stereocenters. The predicted octanol–water partition coefficient (Wildman–Crippen LogP) is 4.30. The van der Waals surface area contributed by atoms with Crippen LogP contribution in [-0.2, 0) is 19.6 Å². The Morgan fingerprint density at radius 1 is 1.22 bits per heavy atom. The fraction of sp³-hybridized carbons (Fsp3) is 0.208. The largest absolute Gasteiger partial charge is 0.382 e. The number of imidazole rings is 1. The molecule has 32 heavy (non-hydrogen) atoms. The standard InChI is InChI=1S/C24H21FN6O/c1-2-29-12-16(11-27-29)13-31-23-18(25)8-15(14-32)9-20(23)28-24(31)21-10-17-4-3-5-19-22(17)30(21)7-6-26-19/h3-5,8-12,14,26H,2,6-7,13H2,1H3. The van der Waals surface area contributed by atoms with Gasteiger partial charge in [-0.05, 0) is 31.2 Å². The molecular formula is C24H21FN6O. The molecule has 0 unspecified atom stereocenters. The van der Waals surface area contributed by atoms with Crippen molar-refractivity contribution in [1.29, 1.82) is 0 Å². The van der Waals surface area contributed by atoms with Crippen LogP contribution in [0.25, 0.3) is 33.5 Å². The van der Waals surface area contributed by atoms with Crippen molar-refractivity contribution in [2.45, 2.75) is 26.6 Å². The van der Waals surface area contributed by atoms with Crippen molar-refractivity contribution in [2.24, 2.45) is 0 Å². The molecule has 0 fully saturated rings. The first-order valence-corrected chi connectivity index (χ1v) is 10.7. The van der Waals surface area contributed by atoms with E-state index in [0.29, 0.717) is 29.7 Å². The number of hydrogen-bond acceptors (Lipinski definition) is 4. The monoisotopic (exact) mass is 428 g/mol. The number of rotatable bonds is 5. The van der Waals surface area contributed by atoms with Crippen LogP contribution >= 0.6 is 0 Å². The molecule has 1 aliphatic rings. The van der Waals surface area contributed by atoms with E-state index in [0.717, 1.165) is 47.5 Å². The highest BCUT2D eigenvalue weighted by Gasteiger charge is 2.23. The van der Waals surface area contributed by atoms with Crippen molar-refractivity contribution in [1.82, 2.24) is 23.9 Å². The molecule has 0 saturated heterocycles. The minimum atomic E-state index is -0.455. The first-order valence-electron chi connectivity index (χ1n) is 10.7. The molecule has 5 aromatic rings. The summed E-state index contributed by atoms with van der Waals surface area (Å²) < 4.78 is 21.2. The summed E-state index contributed by atoms with van der Waals surface area (Å²) in [5.41, 5.74) is 5.24. The van der Waals surface area contributed by atoms with E-state index in [2.05, 4.69) is 33.2 Å². The number of hydrogen-bond donors (Lipinski definition) is 1. The van der Waals surface area contributed by atoms with Crippen LogP contribution in [0.1, 0.15) is 22.8 Å². The van der Waals surface area contributed by atoms with Gasteiger partial charge in [0.05, 0.1) is 35.2 Å². The Hall–Kier alpha value is -3.94. The highest BCUT2D eigenvalue weighted by Crippen LogP contribution is 2.36. The van der Waals surface area contributed by atoms with E-state index in [1.54, 1.807) is 12.3 Å². The molecular weight excluding hydrogens is 407 g/mol. The summed E-state index contributed by atoms with van der Waals surface area (Å²) in [5.74, 6) is 0.221. The van der Waals surface area contributed by atoms with E-state index in [1.807, 2.05) is 28.4 Å². The number of fused-ring (bicyclic) bond motifs is 1. The Labute approximate surface area is 183 Å². The molecule has 0 radical (unpaired) electrons. The smallest absolute Gasteiger partial charge is 0.158 e. The van der Waals surface area contributed by atoms with E-state index in [1.165, 1.54) is 6.07 Å². The second kappa shape index (κ2) is 7.05. The quantitative estimate of drug-likeness (QED) is 0.424. The van der Waals surface area contributed by atoms with E-state index < -0.39 is 5.82 Å². The predicted molar refractivity (Wildman–Crippen MR) is 122 cm³/mol. The van der Waals surface area contributed by atoms with Gasteiger partial charge in [-0.3, -0.25) is 9.48 Å². The van der Waals surface area contributed by atoms with Crippen LogP contribution in [0.3, 0.4) is 0 Å². The van der Waals surface area contributed by atoms with Gasteiger partial charge in [0.1, 0.15) is 17.6 Å². The SMILES string of the molecule is CCn1cc(Cn2c(-c3cc4cccc5c4n3CCN5)nc3cc(C=O)cc(F)c32)cn1. The van der Waals surface area contributed by atoms with Crippen LogP contribution in [-0.4, -0.2) is 36.7 Å². The van der Waals surface area contributed by atoms with Crippen molar-refractivity contribution in [3.05, 3.63) is 65.7 Å². The third-order valence-electron chi connectivity index (χ3n) is 6.11. The van der Waals surface area contributed by atoms with Gasteiger partial charge < -0.3 is 14.5 Å². The van der Waals surface area contributed by atoms with Gasteiger partial charge >= 0.3 is 0 Å². The zero-order valence-electron chi connectivity index (χ0n) is 17.5. The molecule has 0 aliphatic carbocycles. The van der Waals surface area contributed by atoms with Crippen molar-refractivity contribution in [3.8, 4) is 11.5 Å². The maximum absolute atomic E-state index is 15.2. The molecule has 1 aliphatic heterocycles. The lowest BCUT2D eigenvalue weighted by Gasteiger charge is -2.20. The van der Waals surface area contributed by atoms with Crippen LogP contribution < -0.4 is 5.32 Å². The summed E-state index contributed by atoms with van der Waals surface area (Å²) in [6, 6.07) is 11.2. The minimum Gasteiger partial charge on any atom is -0.382 e. The first-order chi connectivity index (χ1) is 15.7. The van der Waals surface area contributed by atoms with Crippen molar-refractivity contribution in [3.63, 3.8) is 0 Å². The molecule has 160 valence electrons. The zero-order valence-corrected chi connectivity index (χ0v) is 17.5. The Morgan fingerprint density at radius 2 is 2.12 bits per heavy atom. The van der Waals surface area contributed by atoms with Gasteiger partial charge in [-0.25, -0.2) is 9.37 Å². The summed E-state index contributed by atoms with van der Waals surface area (Å²) in [7, 11) is 0. The van der Waals surface area contributed by atoms with Crippen molar-refractivity contribution in [2.75, 3.05) is 11.9 Å². The molecule has 4 heterocycles. The van der Waals surface area contributed by atoms with Gasteiger partial charge in [0.2, 0.25) is 0 Å². The van der Waals surface area contributed by atoms with E-state index >= 15 is 4.39 Å². The van der Waals surface area contributed by atoms with Gasteiger partial charge in [-0.15, -0.1) is 0 Å². The Morgan fingerprint density at radius 3 is 2.94 bits per heavy atom. The van der Waals surface area contributed by atoms with Crippen LogP contribution in [0, 0.1) is 5.82 Å². The number of aldehydes is 1. The number of aryl methyl sites for hydroxylation is 1. The van der Waals surface area contributed by atoms with Crippen molar-refractivity contribution >= 4 is 33.9 Å². The lowest BCUT2D eigenvalue weighted by molar-refractivity contribution is 0.112. The molecule has 3 aromatic heterocycles. The molecule has 7 nitrogen and oxygen atoms in total. The number of halogens is 1. The average Bonchev–Trinajstić information content (AvgIpc) is 3.51. The Kier molecular flexibility index (Phi) is 4.14. The highest BCUT2D eigenvalue weighted by molar-refractivity contribution is 5.97. The van der Waals surface area contributed by atoms with Crippen LogP contribution in [0.15, 0.2) is 48.8 Å². The Bertz CT molecular complexity index is 1510. The minimum absolute atomic E-state index is 0.276. The first kappa shape index (κ1) is 18.8. The second-order valence-electron chi connectivity index (χ2n) is 8.07. The van der Waals surface area contributed by atoms with E-state index in [-0.39, 0.29) is 5.56 Å². The summed E-state index contributed by atoms with van der Waals surface area (Å²) in [5, 5.41) is 8.92. The van der Waals surface area contributed by atoms with Crippen molar-refractivity contribution < 1.29 is 9.18 Å². The summed E-state index contributed by atoms with van der Waals surface area (Å²) in [6.45, 7) is 4.81. The number of aromatic nitrogens is 5. The van der Waals surface area contributed by atoms with Gasteiger partial charge in [0.15, 0.2) is 5.82 Å². The molecule has 0 amide bonds. The number of carbonyl (C=O) groups excluding carboxylic acids is 1. The molecule has 0 saturated carbocycles. The van der Waals surface area contributed by atoms with Crippen LogP contribution in [0.2, 0.25) is 0 Å². The van der Waals surface area contributed by atoms with Crippen LogP contribution in [0.5, 0.6) is 0 Å². The number of nitrogens with zero attached hydrogens (tertiary/aromatic N) is 5. The normalized spacial score (nSPS) is 13.1. The molecule has 1 N–H and O–H groups in total. The summed E-state index contributed by atoms with van der Waals surface area (Å²) in [6.07, 6.45) is 4.42. The van der Waals surface area contributed by atoms with Gasteiger partial charge in [-0.2, -0.15) is 5.10 Å². The number of para-hydroxylation sites is 1. The number of benzene rings is 2. The fourth-order valence-electron chi connectivity index (χ4n) is 4.69. The molecule has 8 heteroatoms. The summed E-state index contributed by atoms with van der Waals surface area (Å²) >= 11 is 0. The number of nitrogens with one attached hydrogen (secondary N) is 1. The number of anilines is 1. The lowest BCUT2D eigenvalue weighted by Crippen LogP contribution is -2.18. The molecule has 6 rings (SSSR count). The third-order valence-corrected chi connectivity index (χ3v) is 6.11.